The Kier molecular flexibility index (Phi) is 4.23. The number of benzene rings is 1. The van der Waals surface area contributed by atoms with Crippen LogP contribution >= 0.6 is 0 Å². The number of nitrogens with zero attached hydrogens (tertiary/aromatic N) is 1. The van der Waals surface area contributed by atoms with Crippen molar-refractivity contribution in [1.82, 2.24) is 0 Å². The first-order chi connectivity index (χ1) is 8.19. The molecule has 0 atom stereocenters. The molecule has 0 heterocycles. The lowest BCUT2D eigenvalue weighted by Crippen LogP contribution is -2.10. The van der Waals surface area contributed by atoms with Crippen molar-refractivity contribution in [3.63, 3.8) is 0 Å². The topological polar surface area (TPSA) is 76.4 Å². The van der Waals surface area contributed by atoms with E-state index in [-0.39, 0.29) is 29.0 Å². The maximum atomic E-state index is 11.6. The van der Waals surface area contributed by atoms with Crippen LogP contribution in [0.15, 0.2) is 12.1 Å². The van der Waals surface area contributed by atoms with E-state index in [9.17, 15) is 9.59 Å². The summed E-state index contributed by atoms with van der Waals surface area (Å²) in [4.78, 5) is 22.5. The Hall–Kier alpha value is -2.35. The number of hydrogen-bond acceptors (Lipinski definition) is 5. The number of ether oxygens (including phenoxy) is 2. The second-order valence-electron chi connectivity index (χ2n) is 3.05. The summed E-state index contributed by atoms with van der Waals surface area (Å²) in [5.41, 5.74) is 0.0950. The fourth-order valence-electron chi connectivity index (χ4n) is 1.39. The maximum absolute atomic E-state index is 11.6. The lowest BCUT2D eigenvalue weighted by molar-refractivity contribution is 0.0524. The van der Waals surface area contributed by atoms with Gasteiger partial charge in [-0.05, 0) is 19.1 Å². The number of carbonyl (C=O) groups is 2. The van der Waals surface area contributed by atoms with Crippen molar-refractivity contribution in [2.45, 2.75) is 6.92 Å². The second-order valence-corrected chi connectivity index (χ2v) is 3.05. The Labute approximate surface area is 98.6 Å². The van der Waals surface area contributed by atoms with Gasteiger partial charge in [0.2, 0.25) is 0 Å². The van der Waals surface area contributed by atoms with Crippen molar-refractivity contribution in [3.05, 3.63) is 28.8 Å². The van der Waals surface area contributed by atoms with Crippen molar-refractivity contribution in [3.8, 4) is 11.8 Å². The molecule has 0 aliphatic rings. The fourth-order valence-corrected chi connectivity index (χ4v) is 1.39. The van der Waals surface area contributed by atoms with Gasteiger partial charge in [0.25, 0.3) is 0 Å². The van der Waals surface area contributed by atoms with E-state index in [0.717, 1.165) is 0 Å². The van der Waals surface area contributed by atoms with Crippen LogP contribution in [-0.4, -0.2) is 26.0 Å². The predicted octanol–water partition coefficient (Wildman–Crippen LogP) is 1.56. The van der Waals surface area contributed by atoms with E-state index in [2.05, 4.69) is 0 Å². The molecule has 0 amide bonds. The minimum atomic E-state index is -0.631. The quantitative estimate of drug-likeness (QED) is 0.582. The second kappa shape index (κ2) is 5.66. The Morgan fingerprint density at radius 1 is 1.53 bits per heavy atom. The highest BCUT2D eigenvalue weighted by Crippen LogP contribution is 2.24. The van der Waals surface area contributed by atoms with E-state index in [4.69, 9.17) is 14.7 Å². The van der Waals surface area contributed by atoms with Crippen molar-refractivity contribution in [1.29, 1.82) is 5.26 Å². The highest BCUT2D eigenvalue weighted by molar-refractivity contribution is 6.00. The van der Waals surface area contributed by atoms with Crippen LogP contribution in [0.5, 0.6) is 5.75 Å². The van der Waals surface area contributed by atoms with Crippen molar-refractivity contribution in [2.24, 2.45) is 0 Å². The number of rotatable bonds is 4. The summed E-state index contributed by atoms with van der Waals surface area (Å²) in [7, 11) is 1.38. The molecule has 5 heteroatoms. The van der Waals surface area contributed by atoms with Crippen molar-refractivity contribution < 1.29 is 19.1 Å². The lowest BCUT2D eigenvalue weighted by atomic mass is 10.0. The average Bonchev–Trinajstić information content (AvgIpc) is 2.36. The van der Waals surface area contributed by atoms with E-state index < -0.39 is 5.97 Å². The number of nitriles is 1. The molecule has 0 spiro atoms. The zero-order chi connectivity index (χ0) is 12.8. The number of esters is 1. The molecule has 88 valence electrons. The summed E-state index contributed by atoms with van der Waals surface area (Å²) >= 11 is 0. The Morgan fingerprint density at radius 3 is 2.71 bits per heavy atom. The summed E-state index contributed by atoms with van der Waals surface area (Å²) in [6, 6.07) is 4.70. The average molecular weight is 233 g/mol. The summed E-state index contributed by atoms with van der Waals surface area (Å²) in [5, 5.41) is 8.96. The first-order valence-corrected chi connectivity index (χ1v) is 4.93. The molecule has 17 heavy (non-hydrogen) atoms. The Bertz CT molecular complexity index is 488. The van der Waals surface area contributed by atoms with Crippen LogP contribution in [0.25, 0.3) is 0 Å². The molecule has 0 aliphatic carbocycles. The van der Waals surface area contributed by atoms with Gasteiger partial charge in [-0.2, -0.15) is 5.26 Å². The van der Waals surface area contributed by atoms with Gasteiger partial charge in [0.15, 0.2) is 6.29 Å². The molecular formula is C12H11NO4. The highest BCUT2D eigenvalue weighted by atomic mass is 16.5. The molecule has 0 bridgehead atoms. The molecule has 1 aromatic carbocycles. The summed E-state index contributed by atoms with van der Waals surface area (Å²) < 4.78 is 9.74. The van der Waals surface area contributed by atoms with Gasteiger partial charge in [0.1, 0.15) is 17.4 Å². The molecular weight excluding hydrogens is 222 g/mol. The SMILES string of the molecule is CCOC(=O)c1ccc(OC)c(C#N)c1C=O. The van der Waals surface area contributed by atoms with Crippen molar-refractivity contribution >= 4 is 12.3 Å². The molecule has 0 N–H and O–H groups in total. The normalized spacial score (nSPS) is 9.24. The van der Waals surface area contributed by atoms with Crippen LogP contribution in [0.2, 0.25) is 0 Å². The smallest absolute Gasteiger partial charge is 0.338 e. The first kappa shape index (κ1) is 12.7. The van der Waals surface area contributed by atoms with Crippen LogP contribution in [0.4, 0.5) is 0 Å². The third kappa shape index (κ3) is 2.42. The summed E-state index contributed by atoms with van der Waals surface area (Å²) in [6.45, 7) is 1.86. The minimum Gasteiger partial charge on any atom is -0.495 e. The third-order valence-electron chi connectivity index (χ3n) is 2.15. The highest BCUT2D eigenvalue weighted by Gasteiger charge is 2.18. The standard InChI is InChI=1S/C12H11NO4/c1-3-17-12(15)8-4-5-11(16-2)9(6-13)10(8)7-14/h4-5,7H,3H2,1-2H3. The van der Waals surface area contributed by atoms with E-state index in [1.165, 1.54) is 19.2 Å². The molecule has 0 radical (unpaired) electrons. The number of aldehydes is 1. The Morgan fingerprint density at radius 2 is 2.24 bits per heavy atom. The van der Waals surface area contributed by atoms with Gasteiger partial charge in [0.05, 0.1) is 24.8 Å². The molecule has 0 fully saturated rings. The van der Waals surface area contributed by atoms with E-state index in [0.29, 0.717) is 6.29 Å². The molecule has 1 rings (SSSR count). The first-order valence-electron chi connectivity index (χ1n) is 4.93. The number of carbonyl (C=O) groups excluding carboxylic acids is 2. The van der Waals surface area contributed by atoms with E-state index >= 15 is 0 Å². The van der Waals surface area contributed by atoms with E-state index in [1.54, 1.807) is 6.92 Å². The van der Waals surface area contributed by atoms with Crippen LogP contribution in [0.3, 0.4) is 0 Å². The van der Waals surface area contributed by atoms with Gasteiger partial charge in [0, 0.05) is 0 Å². The van der Waals surface area contributed by atoms with Crippen LogP contribution < -0.4 is 4.74 Å². The maximum Gasteiger partial charge on any atom is 0.338 e. The molecule has 0 saturated heterocycles. The molecule has 0 unspecified atom stereocenters. The van der Waals surface area contributed by atoms with Crippen molar-refractivity contribution in [2.75, 3.05) is 13.7 Å². The fraction of sp³-hybridized carbons (Fsp3) is 0.250. The van der Waals surface area contributed by atoms with Gasteiger partial charge in [-0.3, -0.25) is 4.79 Å². The van der Waals surface area contributed by atoms with Gasteiger partial charge in [-0.1, -0.05) is 0 Å². The summed E-state index contributed by atoms with van der Waals surface area (Å²) in [6.07, 6.45) is 0.452. The number of hydrogen-bond donors (Lipinski definition) is 0. The zero-order valence-corrected chi connectivity index (χ0v) is 9.52. The van der Waals surface area contributed by atoms with Gasteiger partial charge in [-0.25, -0.2) is 4.79 Å². The monoisotopic (exact) mass is 233 g/mol. The zero-order valence-electron chi connectivity index (χ0n) is 9.52. The third-order valence-corrected chi connectivity index (χ3v) is 2.15. The lowest BCUT2D eigenvalue weighted by Gasteiger charge is -2.09. The largest absolute Gasteiger partial charge is 0.495 e. The van der Waals surface area contributed by atoms with E-state index in [1.807, 2.05) is 6.07 Å². The van der Waals surface area contributed by atoms with Crippen LogP contribution in [0, 0.1) is 11.3 Å². The molecule has 5 nitrogen and oxygen atoms in total. The van der Waals surface area contributed by atoms with Crippen LogP contribution in [-0.2, 0) is 4.74 Å². The minimum absolute atomic E-state index is 0.00898. The number of methoxy groups -OCH3 is 1. The molecule has 0 saturated carbocycles. The summed E-state index contributed by atoms with van der Waals surface area (Å²) in [5.74, 6) is -0.378. The van der Waals surface area contributed by atoms with Gasteiger partial charge in [-0.15, -0.1) is 0 Å². The van der Waals surface area contributed by atoms with Crippen LogP contribution in [0.1, 0.15) is 33.2 Å². The molecule has 0 aromatic heterocycles. The predicted molar refractivity (Wildman–Crippen MR) is 59.1 cm³/mol. The molecule has 1 aromatic rings. The Balaban J connectivity index is 3.39. The van der Waals surface area contributed by atoms with Gasteiger partial charge < -0.3 is 9.47 Å². The van der Waals surface area contributed by atoms with Gasteiger partial charge >= 0.3 is 5.97 Å². The molecule has 0 aliphatic heterocycles.